The fraction of sp³-hybridized carbons (Fsp3) is 0.143. The van der Waals surface area contributed by atoms with Crippen molar-refractivity contribution in [2.24, 2.45) is 0 Å². The number of hydrogen-bond acceptors (Lipinski definition) is 2. The SMILES string of the molecule is Oc1ccc(Cl)cc1CNc1cc(C(F)(F)F)ccc1Cl. The second-order valence-electron chi connectivity index (χ2n) is 4.32. The third-order valence-electron chi connectivity index (χ3n) is 2.80. The van der Waals surface area contributed by atoms with E-state index in [9.17, 15) is 18.3 Å². The molecule has 0 aliphatic heterocycles. The summed E-state index contributed by atoms with van der Waals surface area (Å²) >= 11 is 11.7. The van der Waals surface area contributed by atoms with E-state index in [1.165, 1.54) is 24.3 Å². The monoisotopic (exact) mass is 335 g/mol. The van der Waals surface area contributed by atoms with Gasteiger partial charge in [0.25, 0.3) is 0 Å². The third-order valence-corrected chi connectivity index (χ3v) is 3.37. The topological polar surface area (TPSA) is 32.3 Å². The van der Waals surface area contributed by atoms with Gasteiger partial charge in [-0.05, 0) is 36.4 Å². The lowest BCUT2D eigenvalue weighted by atomic mass is 10.1. The molecule has 0 spiro atoms. The fourth-order valence-corrected chi connectivity index (χ4v) is 2.10. The lowest BCUT2D eigenvalue weighted by molar-refractivity contribution is -0.137. The van der Waals surface area contributed by atoms with Crippen molar-refractivity contribution in [2.45, 2.75) is 12.7 Å². The Kier molecular flexibility index (Phi) is 4.54. The Bertz CT molecular complexity index is 659. The van der Waals surface area contributed by atoms with E-state index in [0.29, 0.717) is 10.6 Å². The third kappa shape index (κ3) is 3.95. The molecule has 2 aromatic rings. The predicted octanol–water partition coefficient (Wildman–Crippen LogP) is 5.33. The number of aromatic hydroxyl groups is 1. The number of nitrogens with one attached hydrogen (secondary N) is 1. The Balaban J connectivity index is 2.22. The van der Waals surface area contributed by atoms with E-state index in [1.54, 1.807) is 0 Å². The second-order valence-corrected chi connectivity index (χ2v) is 5.16. The summed E-state index contributed by atoms with van der Waals surface area (Å²) in [7, 11) is 0. The summed E-state index contributed by atoms with van der Waals surface area (Å²) in [6.07, 6.45) is -4.45. The summed E-state index contributed by atoms with van der Waals surface area (Å²) in [6.45, 7) is 0.0907. The Morgan fingerprint density at radius 2 is 1.76 bits per heavy atom. The van der Waals surface area contributed by atoms with E-state index in [2.05, 4.69) is 5.32 Å². The van der Waals surface area contributed by atoms with Crippen molar-refractivity contribution in [1.29, 1.82) is 0 Å². The van der Waals surface area contributed by atoms with Gasteiger partial charge in [0.15, 0.2) is 0 Å². The average Bonchev–Trinajstić information content (AvgIpc) is 2.40. The molecule has 0 heterocycles. The van der Waals surface area contributed by atoms with Crippen LogP contribution < -0.4 is 5.32 Å². The molecule has 2 aromatic carbocycles. The van der Waals surface area contributed by atoms with E-state index in [-0.39, 0.29) is 23.0 Å². The first-order chi connectivity index (χ1) is 9.77. The van der Waals surface area contributed by atoms with Gasteiger partial charge >= 0.3 is 6.18 Å². The highest BCUT2D eigenvalue weighted by Crippen LogP contribution is 2.34. The van der Waals surface area contributed by atoms with Crippen LogP contribution in [0.5, 0.6) is 5.75 Å². The zero-order valence-electron chi connectivity index (χ0n) is 10.5. The molecule has 0 aliphatic rings. The molecule has 0 saturated carbocycles. The minimum absolute atomic E-state index is 0.00463. The van der Waals surface area contributed by atoms with Gasteiger partial charge in [0.1, 0.15) is 5.75 Å². The van der Waals surface area contributed by atoms with Gasteiger partial charge in [-0.25, -0.2) is 0 Å². The quantitative estimate of drug-likeness (QED) is 0.794. The van der Waals surface area contributed by atoms with Gasteiger partial charge in [0.2, 0.25) is 0 Å². The molecule has 112 valence electrons. The fourth-order valence-electron chi connectivity index (χ4n) is 1.72. The molecular formula is C14H10Cl2F3NO. The Morgan fingerprint density at radius 1 is 1.05 bits per heavy atom. The van der Waals surface area contributed by atoms with E-state index >= 15 is 0 Å². The molecule has 0 aromatic heterocycles. The molecule has 0 aliphatic carbocycles. The maximum Gasteiger partial charge on any atom is 0.416 e. The van der Waals surface area contributed by atoms with Crippen molar-refractivity contribution in [3.05, 3.63) is 57.6 Å². The second kappa shape index (κ2) is 6.03. The normalized spacial score (nSPS) is 11.5. The number of rotatable bonds is 3. The van der Waals surface area contributed by atoms with Crippen molar-refractivity contribution >= 4 is 28.9 Å². The molecule has 0 saturated heterocycles. The lowest BCUT2D eigenvalue weighted by Crippen LogP contribution is -2.07. The van der Waals surface area contributed by atoms with Crippen LogP contribution in [0.25, 0.3) is 0 Å². The van der Waals surface area contributed by atoms with Gasteiger partial charge in [-0.3, -0.25) is 0 Å². The molecule has 0 bridgehead atoms. The van der Waals surface area contributed by atoms with E-state index in [0.717, 1.165) is 12.1 Å². The molecule has 0 fully saturated rings. The van der Waals surface area contributed by atoms with Gasteiger partial charge in [-0.15, -0.1) is 0 Å². The minimum Gasteiger partial charge on any atom is -0.508 e. The molecule has 2 nitrogen and oxygen atoms in total. The van der Waals surface area contributed by atoms with Gasteiger partial charge in [0.05, 0.1) is 16.3 Å². The smallest absolute Gasteiger partial charge is 0.416 e. The maximum atomic E-state index is 12.7. The molecule has 2 rings (SSSR count). The van der Waals surface area contributed by atoms with Crippen molar-refractivity contribution in [3.8, 4) is 5.75 Å². The van der Waals surface area contributed by atoms with Crippen LogP contribution in [0.2, 0.25) is 10.0 Å². The van der Waals surface area contributed by atoms with Crippen LogP contribution in [0.15, 0.2) is 36.4 Å². The first-order valence-corrected chi connectivity index (χ1v) is 6.61. The summed E-state index contributed by atoms with van der Waals surface area (Å²) in [4.78, 5) is 0. The zero-order valence-corrected chi connectivity index (χ0v) is 12.0. The van der Waals surface area contributed by atoms with Crippen LogP contribution in [0.4, 0.5) is 18.9 Å². The number of halogens is 5. The summed E-state index contributed by atoms with van der Waals surface area (Å²) in [5.41, 5.74) is -0.216. The molecule has 0 radical (unpaired) electrons. The van der Waals surface area contributed by atoms with Crippen molar-refractivity contribution < 1.29 is 18.3 Å². The molecule has 2 N–H and O–H groups in total. The number of anilines is 1. The van der Waals surface area contributed by atoms with E-state index < -0.39 is 11.7 Å². The Labute approximate surface area is 129 Å². The first kappa shape index (κ1) is 15.8. The number of alkyl halides is 3. The van der Waals surface area contributed by atoms with Crippen LogP contribution in [-0.4, -0.2) is 5.11 Å². The Hall–Kier alpha value is -1.59. The average molecular weight is 336 g/mol. The van der Waals surface area contributed by atoms with Crippen molar-refractivity contribution in [3.63, 3.8) is 0 Å². The van der Waals surface area contributed by atoms with Crippen molar-refractivity contribution in [2.75, 3.05) is 5.32 Å². The first-order valence-electron chi connectivity index (χ1n) is 5.85. The molecule has 0 atom stereocenters. The number of hydrogen-bond donors (Lipinski definition) is 2. The Morgan fingerprint density at radius 3 is 2.43 bits per heavy atom. The van der Waals surface area contributed by atoms with Crippen LogP contribution >= 0.6 is 23.2 Å². The molecule has 0 unspecified atom stereocenters. The van der Waals surface area contributed by atoms with Crippen LogP contribution in [0.1, 0.15) is 11.1 Å². The summed E-state index contributed by atoms with van der Waals surface area (Å²) in [6, 6.07) is 7.44. The van der Waals surface area contributed by atoms with Gasteiger partial charge in [0, 0.05) is 17.1 Å². The van der Waals surface area contributed by atoms with Gasteiger partial charge in [-0.1, -0.05) is 23.2 Å². The summed E-state index contributed by atoms with van der Waals surface area (Å²) in [5, 5.41) is 13.0. The summed E-state index contributed by atoms with van der Waals surface area (Å²) in [5.74, 6) is -0.00463. The highest BCUT2D eigenvalue weighted by atomic mass is 35.5. The molecule has 0 amide bonds. The van der Waals surface area contributed by atoms with E-state index in [4.69, 9.17) is 23.2 Å². The van der Waals surface area contributed by atoms with Crippen LogP contribution in [-0.2, 0) is 12.7 Å². The largest absolute Gasteiger partial charge is 0.508 e. The number of benzene rings is 2. The molecule has 7 heteroatoms. The number of phenols is 1. The maximum absolute atomic E-state index is 12.7. The highest BCUT2D eigenvalue weighted by molar-refractivity contribution is 6.33. The number of phenolic OH excluding ortho intramolecular Hbond substituents is 1. The van der Waals surface area contributed by atoms with Gasteiger partial charge in [-0.2, -0.15) is 13.2 Å². The minimum atomic E-state index is -4.45. The van der Waals surface area contributed by atoms with Gasteiger partial charge < -0.3 is 10.4 Å². The highest BCUT2D eigenvalue weighted by Gasteiger charge is 2.30. The summed E-state index contributed by atoms with van der Waals surface area (Å²) < 4.78 is 38.0. The van der Waals surface area contributed by atoms with Crippen LogP contribution in [0, 0.1) is 0 Å². The van der Waals surface area contributed by atoms with E-state index in [1.807, 2.05) is 0 Å². The standard InChI is InChI=1S/C14H10Cl2F3NO/c15-10-2-4-13(21)8(5-10)7-20-12-6-9(14(17,18)19)1-3-11(12)16/h1-6,20-21H,7H2. The van der Waals surface area contributed by atoms with Crippen molar-refractivity contribution in [1.82, 2.24) is 0 Å². The lowest BCUT2D eigenvalue weighted by Gasteiger charge is -2.13. The molecular weight excluding hydrogens is 326 g/mol. The van der Waals surface area contributed by atoms with Crippen LogP contribution in [0.3, 0.4) is 0 Å². The zero-order chi connectivity index (χ0) is 15.6. The predicted molar refractivity (Wildman–Crippen MR) is 76.9 cm³/mol. The molecule has 21 heavy (non-hydrogen) atoms.